The molecule has 0 heterocycles. The van der Waals surface area contributed by atoms with E-state index in [2.05, 4.69) is 48.3 Å². The first-order valence-corrected chi connectivity index (χ1v) is 7.81. The van der Waals surface area contributed by atoms with Crippen LogP contribution in [0.15, 0.2) is 24.3 Å². The lowest BCUT2D eigenvalue weighted by Crippen LogP contribution is -2.12. The Morgan fingerprint density at radius 1 is 1.24 bits per heavy atom. The molecule has 0 atom stereocenters. The second kappa shape index (κ2) is 6.95. The number of benzene rings is 1. The molecule has 0 aliphatic heterocycles. The lowest BCUT2D eigenvalue weighted by atomic mass is 10.0. The molecule has 94 valence electrons. The predicted molar refractivity (Wildman–Crippen MR) is 79.0 cm³/mol. The minimum Gasteiger partial charge on any atom is -0.384 e. The van der Waals surface area contributed by atoms with Crippen LogP contribution in [0, 0.1) is 6.92 Å². The number of aryl methyl sites for hydroxylation is 1. The van der Waals surface area contributed by atoms with E-state index in [1.807, 2.05) is 0 Å². The summed E-state index contributed by atoms with van der Waals surface area (Å²) in [5, 5.41) is 4.44. The zero-order valence-electron chi connectivity index (χ0n) is 10.7. The molecule has 0 radical (unpaired) electrons. The van der Waals surface area contributed by atoms with Crippen molar-refractivity contribution in [3.8, 4) is 0 Å². The molecule has 0 saturated heterocycles. The Kier molecular flexibility index (Phi) is 5.24. The first-order chi connectivity index (χ1) is 8.34. The summed E-state index contributed by atoms with van der Waals surface area (Å²) in [7, 11) is 0. The smallest absolute Gasteiger partial charge is 0.0343 e. The van der Waals surface area contributed by atoms with E-state index < -0.39 is 0 Å². The van der Waals surface area contributed by atoms with Gasteiger partial charge in [0.15, 0.2) is 0 Å². The summed E-state index contributed by atoms with van der Waals surface area (Å²) in [6, 6.07) is 8.62. The van der Waals surface area contributed by atoms with Crippen LogP contribution in [-0.2, 0) is 0 Å². The third-order valence-electron chi connectivity index (χ3n) is 3.36. The van der Waals surface area contributed by atoms with Crippen LogP contribution in [0.4, 0.5) is 5.69 Å². The molecule has 1 aliphatic carbocycles. The molecule has 2 rings (SSSR count). The van der Waals surface area contributed by atoms with Crippen molar-refractivity contribution >= 4 is 17.4 Å². The molecule has 1 aliphatic rings. The van der Waals surface area contributed by atoms with Crippen LogP contribution < -0.4 is 5.32 Å². The van der Waals surface area contributed by atoms with Crippen LogP contribution in [0.25, 0.3) is 0 Å². The van der Waals surface area contributed by atoms with Gasteiger partial charge in [0.05, 0.1) is 0 Å². The van der Waals surface area contributed by atoms with Crippen molar-refractivity contribution < 1.29 is 0 Å². The van der Waals surface area contributed by atoms with Gasteiger partial charge in [-0.3, -0.25) is 0 Å². The van der Waals surface area contributed by atoms with Crippen molar-refractivity contribution in [3.63, 3.8) is 0 Å². The van der Waals surface area contributed by atoms with E-state index in [1.165, 1.54) is 49.1 Å². The quantitative estimate of drug-likeness (QED) is 0.773. The molecule has 0 bridgehead atoms. The van der Waals surface area contributed by atoms with Gasteiger partial charge in [0.2, 0.25) is 0 Å². The minimum absolute atomic E-state index is 0.933. The van der Waals surface area contributed by atoms with Gasteiger partial charge in [-0.15, -0.1) is 0 Å². The van der Waals surface area contributed by atoms with Gasteiger partial charge in [-0.1, -0.05) is 31.4 Å². The largest absolute Gasteiger partial charge is 0.384 e. The van der Waals surface area contributed by atoms with Gasteiger partial charge < -0.3 is 5.32 Å². The molecule has 0 amide bonds. The summed E-state index contributed by atoms with van der Waals surface area (Å²) < 4.78 is 0. The third-order valence-corrected chi connectivity index (χ3v) is 4.74. The molecular formula is C15H23NS. The number of anilines is 1. The van der Waals surface area contributed by atoms with Gasteiger partial charge in [0.1, 0.15) is 0 Å². The maximum atomic E-state index is 3.50. The molecule has 1 saturated carbocycles. The van der Waals surface area contributed by atoms with Crippen LogP contribution in [0.2, 0.25) is 0 Å². The number of hydrogen-bond acceptors (Lipinski definition) is 2. The van der Waals surface area contributed by atoms with Gasteiger partial charge in [-0.05, 0) is 37.5 Å². The van der Waals surface area contributed by atoms with Crippen molar-refractivity contribution in [1.29, 1.82) is 0 Å². The summed E-state index contributed by atoms with van der Waals surface area (Å²) in [6.45, 7) is 3.23. The fraction of sp³-hybridized carbons (Fsp3) is 0.600. The summed E-state index contributed by atoms with van der Waals surface area (Å²) in [5.41, 5.74) is 2.59. The molecule has 0 aromatic heterocycles. The summed E-state index contributed by atoms with van der Waals surface area (Å²) in [6.07, 6.45) is 7.23. The SMILES string of the molecule is Cc1cccc(NCCSC2CCCCC2)c1. The van der Waals surface area contributed by atoms with E-state index in [4.69, 9.17) is 0 Å². The van der Waals surface area contributed by atoms with Gasteiger partial charge in [-0.2, -0.15) is 11.8 Å². The lowest BCUT2D eigenvalue weighted by Gasteiger charge is -2.21. The fourth-order valence-electron chi connectivity index (χ4n) is 2.41. The van der Waals surface area contributed by atoms with Crippen LogP contribution in [0.3, 0.4) is 0 Å². The number of nitrogens with one attached hydrogen (secondary N) is 1. The Hall–Kier alpha value is -0.630. The van der Waals surface area contributed by atoms with Crippen LogP contribution in [-0.4, -0.2) is 17.5 Å². The fourth-order valence-corrected chi connectivity index (χ4v) is 3.63. The Morgan fingerprint density at radius 2 is 2.06 bits per heavy atom. The van der Waals surface area contributed by atoms with E-state index in [0.717, 1.165) is 11.8 Å². The van der Waals surface area contributed by atoms with Crippen molar-refractivity contribution in [2.24, 2.45) is 0 Å². The number of thioether (sulfide) groups is 1. The average Bonchev–Trinajstić information content (AvgIpc) is 2.36. The molecular weight excluding hydrogens is 226 g/mol. The van der Waals surface area contributed by atoms with E-state index >= 15 is 0 Å². The molecule has 1 nitrogen and oxygen atoms in total. The van der Waals surface area contributed by atoms with Crippen LogP contribution >= 0.6 is 11.8 Å². The molecule has 1 aromatic carbocycles. The van der Waals surface area contributed by atoms with E-state index in [1.54, 1.807) is 0 Å². The van der Waals surface area contributed by atoms with Crippen LogP contribution in [0.1, 0.15) is 37.7 Å². The van der Waals surface area contributed by atoms with Crippen molar-refractivity contribution in [1.82, 2.24) is 0 Å². The van der Waals surface area contributed by atoms with E-state index in [0.29, 0.717) is 0 Å². The lowest BCUT2D eigenvalue weighted by molar-refractivity contribution is 0.516. The van der Waals surface area contributed by atoms with Crippen molar-refractivity contribution in [3.05, 3.63) is 29.8 Å². The topological polar surface area (TPSA) is 12.0 Å². The second-order valence-electron chi connectivity index (χ2n) is 4.93. The van der Waals surface area contributed by atoms with Crippen molar-refractivity contribution in [2.45, 2.75) is 44.3 Å². The number of rotatable bonds is 5. The summed E-state index contributed by atoms with van der Waals surface area (Å²) >= 11 is 2.16. The first kappa shape index (κ1) is 12.8. The Morgan fingerprint density at radius 3 is 2.82 bits per heavy atom. The highest BCUT2D eigenvalue weighted by Crippen LogP contribution is 2.27. The third kappa shape index (κ3) is 4.63. The highest BCUT2D eigenvalue weighted by molar-refractivity contribution is 7.99. The van der Waals surface area contributed by atoms with E-state index in [-0.39, 0.29) is 0 Å². The zero-order valence-corrected chi connectivity index (χ0v) is 11.6. The first-order valence-electron chi connectivity index (χ1n) is 6.77. The standard InChI is InChI=1S/C15H23NS/c1-13-6-5-7-14(12-13)16-10-11-17-15-8-3-2-4-9-15/h5-7,12,15-16H,2-4,8-11H2,1H3. The molecule has 2 heteroatoms. The molecule has 0 spiro atoms. The summed E-state index contributed by atoms with van der Waals surface area (Å²) in [4.78, 5) is 0. The predicted octanol–water partition coefficient (Wildman–Crippen LogP) is 4.47. The Bertz CT molecular complexity index is 331. The monoisotopic (exact) mass is 249 g/mol. The molecule has 1 fully saturated rings. The highest BCUT2D eigenvalue weighted by Gasteiger charge is 2.12. The van der Waals surface area contributed by atoms with Gasteiger partial charge >= 0.3 is 0 Å². The highest BCUT2D eigenvalue weighted by atomic mass is 32.2. The Balaban J connectivity index is 1.62. The Labute approximate surface area is 109 Å². The molecule has 1 aromatic rings. The summed E-state index contributed by atoms with van der Waals surface area (Å²) in [5.74, 6) is 1.23. The van der Waals surface area contributed by atoms with Crippen molar-refractivity contribution in [2.75, 3.05) is 17.6 Å². The van der Waals surface area contributed by atoms with E-state index in [9.17, 15) is 0 Å². The average molecular weight is 249 g/mol. The van der Waals surface area contributed by atoms with Gasteiger partial charge in [0, 0.05) is 23.2 Å². The molecule has 17 heavy (non-hydrogen) atoms. The molecule has 1 N–H and O–H groups in total. The van der Waals surface area contributed by atoms with Gasteiger partial charge in [-0.25, -0.2) is 0 Å². The normalized spacial score (nSPS) is 17.0. The van der Waals surface area contributed by atoms with Gasteiger partial charge in [0.25, 0.3) is 0 Å². The van der Waals surface area contributed by atoms with Crippen LogP contribution in [0.5, 0.6) is 0 Å². The second-order valence-corrected chi connectivity index (χ2v) is 6.34. The maximum absolute atomic E-state index is 3.50. The minimum atomic E-state index is 0.933. The zero-order chi connectivity index (χ0) is 11.9. The maximum Gasteiger partial charge on any atom is 0.0343 e. The number of hydrogen-bond donors (Lipinski definition) is 1. The molecule has 0 unspecified atom stereocenters.